The predicted molar refractivity (Wildman–Crippen MR) is 42.7 cm³/mol. The van der Waals surface area contributed by atoms with Crippen LogP contribution in [-0.4, -0.2) is 24.4 Å². The molecule has 0 spiro atoms. The van der Waals surface area contributed by atoms with Gasteiger partial charge >= 0.3 is 0 Å². The summed E-state index contributed by atoms with van der Waals surface area (Å²) in [5.41, 5.74) is 0. The molecule has 1 saturated heterocycles. The molecule has 1 aliphatic heterocycles. The quantitative estimate of drug-likeness (QED) is 0.597. The lowest BCUT2D eigenvalue weighted by atomic mass is 10.2. The Bertz CT molecular complexity index is 158. The molecule has 0 aromatic rings. The number of halogens is 1. The molecular weight excluding hydrogens is 164 g/mol. The fourth-order valence-corrected chi connectivity index (χ4v) is 1.71. The molecule has 1 aliphatic carbocycles. The third-order valence-corrected chi connectivity index (χ3v) is 2.79. The van der Waals surface area contributed by atoms with Crippen LogP contribution in [0.4, 0.5) is 0 Å². The molecule has 2 rings (SSSR count). The zero-order valence-electron chi connectivity index (χ0n) is 6.68. The monoisotopic (exact) mass is 176 g/mol. The molecule has 3 heteroatoms. The minimum absolute atomic E-state index is 0.113. The SMILES string of the molecule is C[C@@]1(C2CC2)OC[C@H](CCl)O1. The first kappa shape index (κ1) is 7.84. The van der Waals surface area contributed by atoms with Gasteiger partial charge in [0.05, 0.1) is 18.6 Å². The van der Waals surface area contributed by atoms with Crippen LogP contribution in [0.3, 0.4) is 0 Å². The minimum atomic E-state index is -0.306. The summed E-state index contributed by atoms with van der Waals surface area (Å²) in [6.07, 6.45) is 2.60. The van der Waals surface area contributed by atoms with Gasteiger partial charge in [-0.15, -0.1) is 11.6 Å². The van der Waals surface area contributed by atoms with Gasteiger partial charge in [0.2, 0.25) is 0 Å². The normalized spacial score (nSPS) is 44.7. The van der Waals surface area contributed by atoms with Crippen LogP contribution in [0.2, 0.25) is 0 Å². The molecule has 1 heterocycles. The molecule has 0 unspecified atom stereocenters. The lowest BCUT2D eigenvalue weighted by molar-refractivity contribution is -0.166. The molecule has 2 nitrogen and oxygen atoms in total. The first-order chi connectivity index (χ1) is 5.24. The summed E-state index contributed by atoms with van der Waals surface area (Å²) >= 11 is 5.66. The fourth-order valence-electron chi connectivity index (χ4n) is 1.56. The van der Waals surface area contributed by atoms with E-state index in [-0.39, 0.29) is 11.9 Å². The van der Waals surface area contributed by atoms with Crippen LogP contribution in [0.1, 0.15) is 19.8 Å². The molecule has 0 radical (unpaired) electrons. The molecule has 1 saturated carbocycles. The van der Waals surface area contributed by atoms with Gasteiger partial charge in [-0.3, -0.25) is 0 Å². The lowest BCUT2D eigenvalue weighted by Crippen LogP contribution is -2.29. The van der Waals surface area contributed by atoms with Crippen molar-refractivity contribution >= 4 is 11.6 Å². The van der Waals surface area contributed by atoms with Crippen molar-refractivity contribution in [2.45, 2.75) is 31.7 Å². The van der Waals surface area contributed by atoms with Gasteiger partial charge in [-0.1, -0.05) is 0 Å². The van der Waals surface area contributed by atoms with Crippen molar-refractivity contribution in [1.82, 2.24) is 0 Å². The van der Waals surface area contributed by atoms with Crippen molar-refractivity contribution in [2.24, 2.45) is 5.92 Å². The van der Waals surface area contributed by atoms with Crippen LogP contribution >= 0.6 is 11.6 Å². The van der Waals surface area contributed by atoms with Crippen molar-refractivity contribution in [3.8, 4) is 0 Å². The van der Waals surface area contributed by atoms with E-state index < -0.39 is 0 Å². The molecule has 64 valence electrons. The van der Waals surface area contributed by atoms with Crippen LogP contribution in [0, 0.1) is 5.92 Å². The van der Waals surface area contributed by atoms with E-state index in [0.717, 1.165) is 0 Å². The maximum Gasteiger partial charge on any atom is 0.168 e. The van der Waals surface area contributed by atoms with Crippen LogP contribution in [0.5, 0.6) is 0 Å². The number of hydrogen-bond acceptors (Lipinski definition) is 2. The van der Waals surface area contributed by atoms with E-state index in [9.17, 15) is 0 Å². The summed E-state index contributed by atoms with van der Waals surface area (Å²) in [5, 5.41) is 0. The van der Waals surface area contributed by atoms with Gasteiger partial charge < -0.3 is 9.47 Å². The van der Waals surface area contributed by atoms with E-state index in [0.29, 0.717) is 18.4 Å². The topological polar surface area (TPSA) is 18.5 Å². The Balaban J connectivity index is 1.95. The highest BCUT2D eigenvalue weighted by Crippen LogP contribution is 2.45. The Labute approximate surface area is 71.8 Å². The molecule has 0 N–H and O–H groups in total. The highest BCUT2D eigenvalue weighted by molar-refractivity contribution is 6.18. The molecular formula is C8H13ClO2. The van der Waals surface area contributed by atoms with E-state index >= 15 is 0 Å². The minimum Gasteiger partial charge on any atom is -0.347 e. The fraction of sp³-hybridized carbons (Fsp3) is 1.00. The highest BCUT2D eigenvalue weighted by Gasteiger charge is 2.48. The van der Waals surface area contributed by atoms with Gasteiger partial charge in [-0.05, 0) is 19.8 Å². The Morgan fingerprint density at radius 1 is 1.55 bits per heavy atom. The summed E-state index contributed by atoms with van der Waals surface area (Å²) in [5.74, 6) is 0.859. The number of alkyl halides is 1. The smallest absolute Gasteiger partial charge is 0.168 e. The molecule has 0 amide bonds. The predicted octanol–water partition coefficient (Wildman–Crippen LogP) is 1.77. The molecule has 0 aromatic carbocycles. The Morgan fingerprint density at radius 3 is 2.73 bits per heavy atom. The van der Waals surface area contributed by atoms with E-state index in [4.69, 9.17) is 21.1 Å². The Kier molecular flexibility index (Phi) is 1.86. The third-order valence-electron chi connectivity index (χ3n) is 2.45. The van der Waals surface area contributed by atoms with E-state index in [2.05, 4.69) is 0 Å². The standard InChI is InChI=1S/C8H13ClO2/c1-8(6-2-3-6)10-5-7(4-9)11-8/h6-7H,2-5H2,1H3/t7-,8+/m0/s1. The molecule has 11 heavy (non-hydrogen) atoms. The van der Waals surface area contributed by atoms with Gasteiger partial charge in [-0.2, -0.15) is 0 Å². The van der Waals surface area contributed by atoms with Crippen molar-refractivity contribution in [3.63, 3.8) is 0 Å². The summed E-state index contributed by atoms with van der Waals surface area (Å²) in [6, 6.07) is 0. The van der Waals surface area contributed by atoms with Gasteiger partial charge in [0.25, 0.3) is 0 Å². The first-order valence-electron chi connectivity index (χ1n) is 4.12. The van der Waals surface area contributed by atoms with Gasteiger partial charge in [0, 0.05) is 5.92 Å². The van der Waals surface area contributed by atoms with Crippen molar-refractivity contribution in [2.75, 3.05) is 12.5 Å². The van der Waals surface area contributed by atoms with E-state index in [1.54, 1.807) is 0 Å². The number of ether oxygens (including phenoxy) is 2. The van der Waals surface area contributed by atoms with Crippen LogP contribution in [0.25, 0.3) is 0 Å². The van der Waals surface area contributed by atoms with Crippen LogP contribution in [0.15, 0.2) is 0 Å². The average Bonchev–Trinajstić information content (AvgIpc) is 2.77. The van der Waals surface area contributed by atoms with Crippen LogP contribution in [-0.2, 0) is 9.47 Å². The zero-order valence-corrected chi connectivity index (χ0v) is 7.43. The summed E-state index contributed by atoms with van der Waals surface area (Å²) in [6.45, 7) is 2.69. The second-order valence-electron chi connectivity index (χ2n) is 3.50. The third kappa shape index (κ3) is 1.40. The first-order valence-corrected chi connectivity index (χ1v) is 4.66. The average molecular weight is 177 g/mol. The van der Waals surface area contributed by atoms with Gasteiger partial charge in [0.15, 0.2) is 5.79 Å². The lowest BCUT2D eigenvalue weighted by Gasteiger charge is -2.22. The van der Waals surface area contributed by atoms with E-state index in [1.807, 2.05) is 6.92 Å². The summed E-state index contributed by atoms with van der Waals surface area (Å²) in [7, 11) is 0. The number of rotatable bonds is 2. The van der Waals surface area contributed by atoms with Crippen molar-refractivity contribution in [3.05, 3.63) is 0 Å². The summed E-state index contributed by atoms with van der Waals surface area (Å²) < 4.78 is 11.2. The molecule has 0 bridgehead atoms. The second-order valence-corrected chi connectivity index (χ2v) is 3.80. The zero-order chi connectivity index (χ0) is 7.90. The summed E-state index contributed by atoms with van der Waals surface area (Å²) in [4.78, 5) is 0. The van der Waals surface area contributed by atoms with Gasteiger partial charge in [-0.25, -0.2) is 0 Å². The largest absolute Gasteiger partial charge is 0.347 e. The van der Waals surface area contributed by atoms with Crippen molar-refractivity contribution in [1.29, 1.82) is 0 Å². The maximum atomic E-state index is 5.67. The molecule has 2 fully saturated rings. The highest BCUT2D eigenvalue weighted by atomic mass is 35.5. The second kappa shape index (κ2) is 2.61. The molecule has 2 aliphatic rings. The number of hydrogen-bond donors (Lipinski definition) is 0. The molecule has 2 atom stereocenters. The Morgan fingerprint density at radius 2 is 2.27 bits per heavy atom. The molecule has 0 aromatic heterocycles. The van der Waals surface area contributed by atoms with Crippen molar-refractivity contribution < 1.29 is 9.47 Å². The van der Waals surface area contributed by atoms with Gasteiger partial charge in [0.1, 0.15) is 0 Å². The maximum absolute atomic E-state index is 5.67. The Hall–Kier alpha value is 0.210. The van der Waals surface area contributed by atoms with E-state index in [1.165, 1.54) is 12.8 Å². The van der Waals surface area contributed by atoms with Crippen LogP contribution < -0.4 is 0 Å².